The summed E-state index contributed by atoms with van der Waals surface area (Å²) in [7, 11) is 0. The highest BCUT2D eigenvalue weighted by Crippen LogP contribution is 2.30. The third-order valence-corrected chi connectivity index (χ3v) is 15.1. The Balaban J connectivity index is 0.000000294. The molecule has 4 nitrogen and oxygen atoms in total. The molecule has 0 radical (unpaired) electrons. The fraction of sp³-hybridized carbons (Fsp3) is 0.652. The van der Waals surface area contributed by atoms with Crippen molar-refractivity contribution in [1.82, 2.24) is 0 Å². The normalized spacial score (nSPS) is 26.9. The van der Waals surface area contributed by atoms with Crippen molar-refractivity contribution in [2.24, 2.45) is 41.4 Å². The molecule has 3 aliphatic heterocycles. The van der Waals surface area contributed by atoms with E-state index in [1.54, 1.807) is 31.0 Å². The molecule has 7 atom stereocenters. The highest BCUT2D eigenvalue weighted by Gasteiger charge is 2.19. The van der Waals surface area contributed by atoms with Crippen LogP contribution in [0.15, 0.2) is 72.8 Å². The topological polar surface area (TPSA) is 36.9 Å². The summed E-state index contributed by atoms with van der Waals surface area (Å²) in [4.78, 5) is 0. The standard InChI is InChI=1S/C11H14.C8H8F2.C8H9F.C8H16.C8H10.C7H14O.C7H14.C6H12O2.C6H12O/c1-8-3-4-10-6-9(2)7-11(10)5-8;1-5-3-7(9)6(2)8(10)4-5;1-6-3-4-7(2)8(9)5-6;2*1-7-3-5-8(2)6-4-7;1-6-3-4-7(2)8-5-6;1-6-3-4-7(2)5-6;1-5-3-7-6(2)8-4-5;1-5-3-4-6(2)7-5/h3-5,9H,6-7H2,1-2H3;3-4H,1-2H3;3-5H,1-2H3;7-8H,3-6H2,1-2H3;3-6H,1-2H3;6-7H,3-5H2,1-2H3;6-7H,3-5H2,1-2H3;5-6H,3-4H2,1-2H3;5-6H,3-4H2,1-2H3. The number of fused-ring (bicyclic) bond motifs is 1. The molecule has 0 N–H and O–H groups in total. The van der Waals surface area contributed by atoms with Gasteiger partial charge in [0.1, 0.15) is 17.5 Å². The zero-order valence-electron chi connectivity index (χ0n) is 51.4. The lowest BCUT2D eigenvalue weighted by atomic mass is 9.84. The molecule has 5 fully saturated rings. The van der Waals surface area contributed by atoms with Gasteiger partial charge in [-0.25, -0.2) is 13.2 Å². The van der Waals surface area contributed by atoms with Gasteiger partial charge in [-0.1, -0.05) is 158 Å². The van der Waals surface area contributed by atoms with Crippen molar-refractivity contribution in [2.45, 2.75) is 233 Å². The largest absolute Gasteiger partial charge is 0.378 e. The Hall–Kier alpha value is -3.49. The third-order valence-electron chi connectivity index (χ3n) is 15.1. The van der Waals surface area contributed by atoms with Crippen molar-refractivity contribution in [2.75, 3.05) is 19.8 Å². The second-order valence-corrected chi connectivity index (χ2v) is 24.4. The number of halogens is 3. The van der Waals surface area contributed by atoms with Crippen LogP contribution in [0.25, 0.3) is 0 Å². The first-order chi connectivity index (χ1) is 35.8. The molecule has 3 heterocycles. The van der Waals surface area contributed by atoms with Crippen LogP contribution in [0.5, 0.6) is 0 Å². The zero-order valence-corrected chi connectivity index (χ0v) is 51.4. The average molecular weight is 1060 g/mol. The number of aryl methyl sites for hydroxylation is 6. The van der Waals surface area contributed by atoms with E-state index >= 15 is 0 Å². The van der Waals surface area contributed by atoms with E-state index < -0.39 is 11.6 Å². The quantitative estimate of drug-likeness (QED) is 0.176. The van der Waals surface area contributed by atoms with Crippen molar-refractivity contribution < 1.29 is 32.1 Å². The predicted molar refractivity (Wildman–Crippen MR) is 318 cm³/mol. The minimum Gasteiger partial charge on any atom is -0.378 e. The lowest BCUT2D eigenvalue weighted by Gasteiger charge is -2.24. The van der Waals surface area contributed by atoms with Gasteiger partial charge in [-0.15, -0.1) is 0 Å². The minimum absolute atomic E-state index is 0.0196. The molecule has 0 aromatic heterocycles. The Morgan fingerprint density at radius 1 is 0.342 bits per heavy atom. The molecule has 76 heavy (non-hydrogen) atoms. The molecule has 0 bridgehead atoms. The van der Waals surface area contributed by atoms with Gasteiger partial charge >= 0.3 is 0 Å². The van der Waals surface area contributed by atoms with Crippen molar-refractivity contribution >= 4 is 0 Å². The minimum atomic E-state index is -0.475. The molecule has 7 heteroatoms. The lowest BCUT2D eigenvalue weighted by molar-refractivity contribution is -0.187. The van der Waals surface area contributed by atoms with Crippen molar-refractivity contribution in [3.63, 3.8) is 0 Å². The first kappa shape index (κ1) is 68.6. The van der Waals surface area contributed by atoms with E-state index in [1.807, 2.05) is 19.9 Å². The summed E-state index contributed by atoms with van der Waals surface area (Å²) in [6, 6.07) is 23.2. The molecule has 0 spiro atoms. The molecule has 0 amide bonds. The SMILES string of the molecule is CC1CCC(C)C1.CC1CCC(C)CC1.CC1CCC(C)O1.CC1CCC(C)OC1.CC1COC(C)OC1.Cc1cc(F)c(C)c(F)c1.Cc1ccc(C)c(F)c1.Cc1ccc(C)cc1.Cc1ccc2c(c1)CC(C)C2. The molecule has 3 aliphatic carbocycles. The molecule has 2 saturated carbocycles. The van der Waals surface area contributed by atoms with Crippen LogP contribution in [0, 0.1) is 107 Å². The van der Waals surface area contributed by atoms with Crippen molar-refractivity contribution in [3.8, 4) is 0 Å². The molecule has 430 valence electrons. The van der Waals surface area contributed by atoms with Gasteiger partial charge in [0.25, 0.3) is 0 Å². The van der Waals surface area contributed by atoms with Gasteiger partial charge in [-0.05, 0) is 203 Å². The molecule has 3 saturated heterocycles. The highest BCUT2D eigenvalue weighted by molar-refractivity contribution is 5.35. The Kier molecular flexibility index (Phi) is 33.8. The summed E-state index contributed by atoms with van der Waals surface area (Å²) >= 11 is 0. The van der Waals surface area contributed by atoms with Crippen LogP contribution >= 0.6 is 0 Å². The second-order valence-electron chi connectivity index (χ2n) is 24.4. The van der Waals surface area contributed by atoms with Crippen molar-refractivity contribution in [1.29, 1.82) is 0 Å². The number of rotatable bonds is 0. The fourth-order valence-corrected chi connectivity index (χ4v) is 9.70. The van der Waals surface area contributed by atoms with Gasteiger partial charge in [0.05, 0.1) is 31.5 Å². The lowest BCUT2D eigenvalue weighted by Crippen LogP contribution is -2.27. The first-order valence-corrected chi connectivity index (χ1v) is 29.6. The van der Waals surface area contributed by atoms with E-state index in [4.69, 9.17) is 18.9 Å². The van der Waals surface area contributed by atoms with Crippen LogP contribution in [0.3, 0.4) is 0 Å². The van der Waals surface area contributed by atoms with E-state index in [0.717, 1.165) is 60.9 Å². The average Bonchev–Trinajstić information content (AvgIpc) is 4.08. The van der Waals surface area contributed by atoms with Crippen LogP contribution in [-0.2, 0) is 31.8 Å². The van der Waals surface area contributed by atoms with E-state index in [1.165, 1.54) is 125 Å². The van der Waals surface area contributed by atoms with Gasteiger partial charge in [-0.2, -0.15) is 0 Å². The van der Waals surface area contributed by atoms with E-state index in [9.17, 15) is 13.2 Å². The summed E-state index contributed by atoms with van der Waals surface area (Å²) in [6.07, 6.45) is 19.6. The summed E-state index contributed by atoms with van der Waals surface area (Å²) in [5, 5.41) is 0. The molecule has 4 aromatic rings. The van der Waals surface area contributed by atoms with Gasteiger partial charge in [-0.3, -0.25) is 0 Å². The van der Waals surface area contributed by atoms with Crippen LogP contribution in [0.1, 0.15) is 197 Å². The first-order valence-electron chi connectivity index (χ1n) is 29.6. The van der Waals surface area contributed by atoms with Gasteiger partial charge in [0.15, 0.2) is 6.29 Å². The Labute approximate surface area is 464 Å². The predicted octanol–water partition coefficient (Wildman–Crippen LogP) is 19.7. The number of hydrogen-bond donors (Lipinski definition) is 0. The molecular formula is C69H109F3O4. The molecule has 4 aromatic carbocycles. The van der Waals surface area contributed by atoms with Crippen LogP contribution < -0.4 is 0 Å². The molecule has 7 unspecified atom stereocenters. The summed E-state index contributed by atoms with van der Waals surface area (Å²) in [5.74, 6) is 5.26. The zero-order chi connectivity index (χ0) is 56.9. The van der Waals surface area contributed by atoms with Crippen LogP contribution in [0.4, 0.5) is 13.2 Å². The second kappa shape index (κ2) is 37.4. The van der Waals surface area contributed by atoms with E-state index in [2.05, 4.69) is 132 Å². The Morgan fingerprint density at radius 3 is 1.12 bits per heavy atom. The monoisotopic (exact) mass is 1060 g/mol. The third kappa shape index (κ3) is 31.2. The van der Waals surface area contributed by atoms with Crippen LogP contribution in [0.2, 0.25) is 0 Å². The summed E-state index contributed by atoms with van der Waals surface area (Å²) < 4.78 is 58.9. The Bertz CT molecular complexity index is 1980. The number of ether oxygens (including phenoxy) is 4. The van der Waals surface area contributed by atoms with Gasteiger partial charge in [0, 0.05) is 18.1 Å². The van der Waals surface area contributed by atoms with Gasteiger partial charge in [0.2, 0.25) is 0 Å². The van der Waals surface area contributed by atoms with Gasteiger partial charge < -0.3 is 18.9 Å². The summed E-state index contributed by atoms with van der Waals surface area (Å²) in [6.45, 7) is 40.2. The fourth-order valence-electron chi connectivity index (χ4n) is 9.70. The molecular weight excluding hydrogens is 950 g/mol. The van der Waals surface area contributed by atoms with E-state index in [-0.39, 0.29) is 17.7 Å². The molecule has 6 aliphatic rings. The molecule has 10 rings (SSSR count). The smallest absolute Gasteiger partial charge is 0.154 e. The van der Waals surface area contributed by atoms with Crippen molar-refractivity contribution in [3.05, 3.63) is 140 Å². The maximum Gasteiger partial charge on any atom is 0.154 e. The number of benzene rings is 4. The highest BCUT2D eigenvalue weighted by atomic mass is 19.1. The Morgan fingerprint density at radius 2 is 0.737 bits per heavy atom. The summed E-state index contributed by atoms with van der Waals surface area (Å²) in [5.41, 5.74) is 9.59. The van der Waals surface area contributed by atoms with Crippen LogP contribution in [-0.4, -0.2) is 44.4 Å². The maximum absolute atomic E-state index is 12.6. The maximum atomic E-state index is 12.6. The van der Waals surface area contributed by atoms with E-state index in [0.29, 0.717) is 35.4 Å². The number of hydrogen-bond acceptors (Lipinski definition) is 4.